The van der Waals surface area contributed by atoms with E-state index in [1.165, 1.54) is 0 Å². The van der Waals surface area contributed by atoms with Crippen LogP contribution in [0, 0.1) is 6.92 Å². The minimum atomic E-state index is -3.54. The van der Waals surface area contributed by atoms with Crippen molar-refractivity contribution in [2.45, 2.75) is 17.6 Å². The van der Waals surface area contributed by atoms with Crippen LogP contribution in [0.3, 0.4) is 0 Å². The first-order valence-corrected chi connectivity index (χ1v) is 11.0. The van der Waals surface area contributed by atoms with Crippen molar-refractivity contribution in [2.75, 3.05) is 14.2 Å². The summed E-state index contributed by atoms with van der Waals surface area (Å²) in [4.78, 5) is 4.59. The Kier molecular flexibility index (Phi) is 5.51. The predicted molar refractivity (Wildman–Crippen MR) is 113 cm³/mol. The molecule has 0 bridgehead atoms. The van der Waals surface area contributed by atoms with E-state index < -0.39 is 9.84 Å². The second-order valence-electron chi connectivity index (χ2n) is 6.86. The smallest absolute Gasteiger partial charge is 0.293 e. The molecule has 0 saturated carbocycles. The monoisotopic (exact) mass is 440 g/mol. The minimum Gasteiger partial charge on any atom is -0.497 e. The molecule has 4 aromatic rings. The van der Waals surface area contributed by atoms with E-state index >= 15 is 0 Å². The van der Waals surface area contributed by atoms with Gasteiger partial charge in [0.1, 0.15) is 23.0 Å². The Morgan fingerprint density at radius 2 is 1.61 bits per heavy atom. The number of methoxy groups -OCH3 is 2. The molecule has 0 N–H and O–H groups in total. The van der Waals surface area contributed by atoms with Crippen LogP contribution in [0.25, 0.3) is 23.0 Å². The summed E-state index contributed by atoms with van der Waals surface area (Å²) in [6, 6.07) is 15.1. The van der Waals surface area contributed by atoms with Crippen LogP contribution < -0.4 is 9.47 Å². The summed E-state index contributed by atoms with van der Waals surface area (Å²) in [5.41, 5.74) is 1.63. The molecule has 0 aliphatic rings. The number of aromatic nitrogens is 2. The number of rotatable bonds is 7. The molecule has 0 spiro atoms. The second kappa shape index (κ2) is 8.27. The van der Waals surface area contributed by atoms with Gasteiger partial charge in [-0.3, -0.25) is 0 Å². The lowest BCUT2D eigenvalue weighted by atomic mass is 10.2. The van der Waals surface area contributed by atoms with Crippen LogP contribution in [0.5, 0.6) is 11.5 Å². The average molecular weight is 440 g/mol. The van der Waals surface area contributed by atoms with Gasteiger partial charge in [0.2, 0.25) is 5.82 Å². The van der Waals surface area contributed by atoms with E-state index in [2.05, 4.69) is 10.1 Å². The standard InChI is InChI=1S/C22H20N2O6S/c1-14-4-7-19(8-5-14)31(25,26)13-16-6-9-20(29-16)22-23-21(24-30-22)15-10-17(27-2)12-18(11-15)28-3/h4-12H,13H2,1-3H3. The van der Waals surface area contributed by atoms with Crippen LogP contribution in [0.4, 0.5) is 0 Å². The minimum absolute atomic E-state index is 0.135. The number of sulfone groups is 1. The Bertz CT molecular complexity index is 1280. The van der Waals surface area contributed by atoms with Crippen molar-refractivity contribution in [3.8, 4) is 34.5 Å². The molecular weight excluding hydrogens is 420 g/mol. The Balaban J connectivity index is 1.57. The van der Waals surface area contributed by atoms with Crippen LogP contribution in [-0.4, -0.2) is 32.8 Å². The fraction of sp³-hybridized carbons (Fsp3) is 0.182. The summed E-state index contributed by atoms with van der Waals surface area (Å²) in [5, 5.41) is 3.98. The molecule has 4 rings (SSSR count). The number of nitrogens with zero attached hydrogens (tertiary/aromatic N) is 2. The Labute approximate surface area is 179 Å². The van der Waals surface area contributed by atoms with Gasteiger partial charge in [-0.05, 0) is 43.3 Å². The van der Waals surface area contributed by atoms with Gasteiger partial charge >= 0.3 is 0 Å². The zero-order valence-corrected chi connectivity index (χ0v) is 18.0. The molecule has 0 saturated heterocycles. The highest BCUT2D eigenvalue weighted by Gasteiger charge is 2.20. The molecule has 0 amide bonds. The van der Waals surface area contributed by atoms with Gasteiger partial charge in [-0.15, -0.1) is 0 Å². The molecule has 31 heavy (non-hydrogen) atoms. The van der Waals surface area contributed by atoms with Crippen LogP contribution in [0.1, 0.15) is 11.3 Å². The van der Waals surface area contributed by atoms with Crippen LogP contribution in [0.15, 0.2) is 68.4 Å². The predicted octanol–water partition coefficient (Wildman–Crippen LogP) is 4.30. The molecule has 2 heterocycles. The fourth-order valence-electron chi connectivity index (χ4n) is 2.96. The number of furan rings is 1. The van der Waals surface area contributed by atoms with E-state index in [0.717, 1.165) is 5.56 Å². The van der Waals surface area contributed by atoms with Gasteiger partial charge < -0.3 is 18.4 Å². The summed E-state index contributed by atoms with van der Waals surface area (Å²) in [7, 11) is -0.439. The first kappa shape index (κ1) is 20.7. The zero-order valence-electron chi connectivity index (χ0n) is 17.2. The van der Waals surface area contributed by atoms with Crippen molar-refractivity contribution in [1.29, 1.82) is 0 Å². The van der Waals surface area contributed by atoms with Crippen molar-refractivity contribution in [1.82, 2.24) is 10.1 Å². The third-order valence-electron chi connectivity index (χ3n) is 4.62. The maximum Gasteiger partial charge on any atom is 0.293 e. The van der Waals surface area contributed by atoms with Gasteiger partial charge in [0.15, 0.2) is 15.6 Å². The normalized spacial score (nSPS) is 11.5. The number of hydrogen-bond donors (Lipinski definition) is 0. The first-order valence-electron chi connectivity index (χ1n) is 9.33. The van der Waals surface area contributed by atoms with Gasteiger partial charge in [0, 0.05) is 11.6 Å². The molecule has 0 unspecified atom stereocenters. The van der Waals surface area contributed by atoms with Crippen LogP contribution >= 0.6 is 0 Å². The summed E-state index contributed by atoms with van der Waals surface area (Å²) in [6.07, 6.45) is 0. The molecule has 0 aliphatic carbocycles. The molecule has 160 valence electrons. The summed E-state index contributed by atoms with van der Waals surface area (Å²) in [6.45, 7) is 1.90. The maximum absolute atomic E-state index is 12.6. The molecule has 0 fully saturated rings. The van der Waals surface area contributed by atoms with Gasteiger partial charge in [-0.25, -0.2) is 8.42 Å². The lowest BCUT2D eigenvalue weighted by Gasteiger charge is -2.05. The largest absolute Gasteiger partial charge is 0.497 e. The lowest BCUT2D eigenvalue weighted by molar-refractivity contribution is 0.394. The van der Waals surface area contributed by atoms with Crippen molar-refractivity contribution < 1.29 is 26.8 Å². The van der Waals surface area contributed by atoms with E-state index in [0.29, 0.717) is 22.9 Å². The maximum atomic E-state index is 12.6. The molecule has 8 nitrogen and oxygen atoms in total. The first-order chi connectivity index (χ1) is 14.9. The highest BCUT2D eigenvalue weighted by Crippen LogP contribution is 2.30. The van der Waals surface area contributed by atoms with Crippen molar-refractivity contribution >= 4 is 9.84 Å². The summed E-state index contributed by atoms with van der Waals surface area (Å²) >= 11 is 0. The number of ether oxygens (including phenoxy) is 2. The third kappa shape index (κ3) is 4.46. The van der Waals surface area contributed by atoms with E-state index in [1.807, 2.05) is 6.92 Å². The highest BCUT2D eigenvalue weighted by atomic mass is 32.2. The Morgan fingerprint density at radius 1 is 0.935 bits per heavy atom. The zero-order chi connectivity index (χ0) is 22.0. The van der Waals surface area contributed by atoms with Crippen molar-refractivity contribution in [2.24, 2.45) is 0 Å². The van der Waals surface area contributed by atoms with Crippen LogP contribution in [0.2, 0.25) is 0 Å². The molecule has 2 aromatic carbocycles. The molecule has 0 atom stereocenters. The highest BCUT2D eigenvalue weighted by molar-refractivity contribution is 7.90. The van der Waals surface area contributed by atoms with E-state index in [1.54, 1.807) is 68.8 Å². The van der Waals surface area contributed by atoms with Gasteiger partial charge in [-0.1, -0.05) is 22.9 Å². The lowest BCUT2D eigenvalue weighted by Crippen LogP contribution is -2.04. The molecule has 2 aromatic heterocycles. The topological polar surface area (TPSA) is 105 Å². The molecular formula is C22H20N2O6S. The molecule has 0 aliphatic heterocycles. The Hall–Kier alpha value is -3.59. The summed E-state index contributed by atoms with van der Waals surface area (Å²) < 4.78 is 46.8. The quantitative estimate of drug-likeness (QED) is 0.419. The SMILES string of the molecule is COc1cc(OC)cc(-c2noc(-c3ccc(CS(=O)(=O)c4ccc(C)cc4)o3)n2)c1. The number of hydrogen-bond acceptors (Lipinski definition) is 8. The number of benzene rings is 2. The fourth-order valence-corrected chi connectivity index (χ4v) is 4.21. The van der Waals surface area contributed by atoms with Crippen molar-refractivity contribution in [3.05, 3.63) is 65.9 Å². The van der Waals surface area contributed by atoms with E-state index in [4.69, 9.17) is 18.4 Å². The van der Waals surface area contributed by atoms with Gasteiger partial charge in [-0.2, -0.15) is 4.98 Å². The average Bonchev–Trinajstić information content (AvgIpc) is 3.43. The molecule has 0 radical (unpaired) electrons. The summed E-state index contributed by atoms with van der Waals surface area (Å²) in [5.74, 6) is 1.91. The third-order valence-corrected chi connectivity index (χ3v) is 6.28. The van der Waals surface area contributed by atoms with Crippen LogP contribution in [-0.2, 0) is 15.6 Å². The van der Waals surface area contributed by atoms with Gasteiger partial charge in [0.05, 0.1) is 19.1 Å². The Morgan fingerprint density at radius 3 is 2.26 bits per heavy atom. The number of aryl methyl sites for hydroxylation is 1. The van der Waals surface area contributed by atoms with Crippen molar-refractivity contribution in [3.63, 3.8) is 0 Å². The second-order valence-corrected chi connectivity index (χ2v) is 8.85. The molecule has 9 heteroatoms. The van der Waals surface area contributed by atoms with Gasteiger partial charge in [0.25, 0.3) is 5.89 Å². The van der Waals surface area contributed by atoms with E-state index in [-0.39, 0.29) is 28.1 Å². The van der Waals surface area contributed by atoms with E-state index in [9.17, 15) is 8.42 Å².